The molecule has 9 nitrogen and oxygen atoms in total. The Morgan fingerprint density at radius 3 is 2.40 bits per heavy atom. The van der Waals surface area contributed by atoms with E-state index < -0.39 is 27.6 Å². The topological polar surface area (TPSA) is 113 Å². The van der Waals surface area contributed by atoms with Crippen molar-refractivity contribution in [1.29, 1.82) is 0 Å². The van der Waals surface area contributed by atoms with Gasteiger partial charge in [0.15, 0.2) is 5.65 Å². The van der Waals surface area contributed by atoms with E-state index in [4.69, 9.17) is 11.6 Å². The molecule has 3 rings (SSSR count). The number of alkyl halides is 3. The molecule has 14 heteroatoms. The lowest BCUT2D eigenvalue weighted by molar-refractivity contribution is -0.0501. The third-order valence-electron chi connectivity index (χ3n) is 4.56. The smallest absolute Gasteiger partial charge is 0.465 e. The molecule has 2 atom stereocenters. The van der Waals surface area contributed by atoms with Gasteiger partial charge in [0, 0.05) is 24.5 Å². The first kappa shape index (κ1) is 22.2. The average Bonchev–Trinajstić information content (AvgIpc) is 2.59. The zero-order chi connectivity index (χ0) is 22.4. The number of amides is 1. The molecule has 0 saturated carbocycles. The van der Waals surface area contributed by atoms with Gasteiger partial charge in [0.2, 0.25) is 5.88 Å². The third kappa shape index (κ3) is 4.17. The van der Waals surface area contributed by atoms with Crippen molar-refractivity contribution in [3.05, 3.63) is 23.4 Å². The Kier molecular flexibility index (Phi) is 5.62. The lowest BCUT2D eigenvalue weighted by Crippen LogP contribution is -2.58. The number of carboxylic acid groups (broad SMARTS) is 1. The van der Waals surface area contributed by atoms with Crippen molar-refractivity contribution in [1.82, 2.24) is 14.9 Å². The molecule has 164 valence electrons. The highest BCUT2D eigenvalue weighted by Gasteiger charge is 2.49. The van der Waals surface area contributed by atoms with E-state index in [0.717, 1.165) is 6.07 Å². The monoisotopic (exact) mass is 468 g/mol. The highest BCUT2D eigenvalue weighted by molar-refractivity contribution is 7.87. The lowest BCUT2D eigenvalue weighted by Gasteiger charge is -2.43. The second-order valence-electron chi connectivity index (χ2n) is 6.78. The number of carbonyl (C=O) groups is 1. The van der Waals surface area contributed by atoms with Crippen molar-refractivity contribution >= 4 is 44.5 Å². The van der Waals surface area contributed by atoms with Gasteiger partial charge in [0.1, 0.15) is 0 Å². The number of nitrogens with zero attached hydrogens (tertiary/aromatic N) is 4. The number of halogens is 4. The van der Waals surface area contributed by atoms with Crippen molar-refractivity contribution in [3.63, 3.8) is 0 Å². The van der Waals surface area contributed by atoms with Gasteiger partial charge in [0.05, 0.1) is 29.0 Å². The van der Waals surface area contributed by atoms with E-state index >= 15 is 0 Å². The fourth-order valence-electron chi connectivity index (χ4n) is 3.32. The number of hydrogen-bond donors (Lipinski definition) is 1. The maximum Gasteiger partial charge on any atom is 0.534 e. The molecule has 30 heavy (non-hydrogen) atoms. The maximum absolute atomic E-state index is 12.5. The van der Waals surface area contributed by atoms with Gasteiger partial charge in [-0.3, -0.25) is 4.90 Å². The van der Waals surface area contributed by atoms with Crippen LogP contribution in [0.4, 0.5) is 23.7 Å². The minimum absolute atomic E-state index is 0.105. The zero-order valence-electron chi connectivity index (χ0n) is 15.6. The molecule has 1 amide bonds. The first-order valence-electron chi connectivity index (χ1n) is 8.53. The highest BCUT2D eigenvalue weighted by Crippen LogP contribution is 2.32. The molecule has 0 aromatic carbocycles. The van der Waals surface area contributed by atoms with Crippen molar-refractivity contribution in [2.24, 2.45) is 0 Å². The summed E-state index contributed by atoms with van der Waals surface area (Å²) in [4.78, 5) is 22.4. The summed E-state index contributed by atoms with van der Waals surface area (Å²) in [5, 5.41) is 9.48. The molecule has 0 radical (unpaired) electrons. The summed E-state index contributed by atoms with van der Waals surface area (Å²) in [7, 11) is -5.90. The second-order valence-corrected chi connectivity index (χ2v) is 8.73. The second kappa shape index (κ2) is 7.61. The van der Waals surface area contributed by atoms with E-state index in [9.17, 15) is 31.5 Å². The molecular formula is C16H16ClF3N4O5S. The van der Waals surface area contributed by atoms with E-state index in [1.165, 1.54) is 11.1 Å². The van der Waals surface area contributed by atoms with Crippen LogP contribution in [-0.2, 0) is 10.1 Å². The van der Waals surface area contributed by atoms with Crippen LogP contribution in [0, 0.1) is 0 Å². The first-order chi connectivity index (χ1) is 13.8. The maximum atomic E-state index is 12.5. The summed E-state index contributed by atoms with van der Waals surface area (Å²) in [6.07, 6.45) is 0.378. The molecule has 2 aromatic rings. The molecule has 3 heterocycles. The fraction of sp³-hybridized carbons (Fsp3) is 0.438. The molecule has 0 unspecified atom stereocenters. The van der Waals surface area contributed by atoms with Crippen LogP contribution in [0.3, 0.4) is 0 Å². The Balaban J connectivity index is 1.91. The number of rotatable bonds is 3. The Morgan fingerprint density at radius 1 is 1.27 bits per heavy atom. The number of piperazine rings is 1. The van der Waals surface area contributed by atoms with E-state index in [1.54, 1.807) is 19.9 Å². The van der Waals surface area contributed by atoms with E-state index in [2.05, 4.69) is 14.2 Å². The Bertz CT molecular complexity index is 1090. The van der Waals surface area contributed by atoms with Crippen LogP contribution in [-0.4, -0.2) is 65.2 Å². The summed E-state index contributed by atoms with van der Waals surface area (Å²) >= 11 is 6.10. The van der Waals surface area contributed by atoms with Gasteiger partial charge in [-0.05, 0) is 19.9 Å². The van der Waals surface area contributed by atoms with Crippen molar-refractivity contribution < 1.29 is 35.7 Å². The first-order valence-corrected chi connectivity index (χ1v) is 10.3. The van der Waals surface area contributed by atoms with Crippen LogP contribution in [0.25, 0.3) is 11.0 Å². The Morgan fingerprint density at radius 2 is 1.87 bits per heavy atom. The Hall–Kier alpha value is -2.54. The standard InChI is InChI=1S/C16H16ClF3N4O5S/c1-8-6-23(7-9(2)24(8)15(25)26)10-3-11-12(17)4-13(22-14(11)21-5-10)29-30(27,28)16(18,19)20/h3-5,8-9H,6-7H2,1-2H3,(H,25,26)/t8-,9+. The van der Waals surface area contributed by atoms with Gasteiger partial charge in [-0.15, -0.1) is 0 Å². The van der Waals surface area contributed by atoms with Gasteiger partial charge < -0.3 is 14.2 Å². The summed E-state index contributed by atoms with van der Waals surface area (Å²) in [5.74, 6) is -0.859. The SMILES string of the molecule is C[C@@H]1CN(c2cnc3nc(OS(=O)(=O)C(F)(F)F)cc(Cl)c3c2)C[C@H](C)N1C(=O)O. The van der Waals surface area contributed by atoms with E-state index in [1.807, 2.05) is 4.90 Å². The predicted octanol–water partition coefficient (Wildman–Crippen LogP) is 3.09. The van der Waals surface area contributed by atoms with Gasteiger partial charge in [-0.2, -0.15) is 26.6 Å². The molecule has 1 fully saturated rings. The van der Waals surface area contributed by atoms with Crippen molar-refractivity contribution in [2.45, 2.75) is 31.4 Å². The van der Waals surface area contributed by atoms with Crippen molar-refractivity contribution in [3.8, 4) is 5.88 Å². The fourth-order valence-corrected chi connectivity index (χ4v) is 3.96. The largest absolute Gasteiger partial charge is 0.534 e. The zero-order valence-corrected chi connectivity index (χ0v) is 17.2. The van der Waals surface area contributed by atoms with Crippen LogP contribution in [0.15, 0.2) is 18.3 Å². The number of aromatic nitrogens is 2. The van der Waals surface area contributed by atoms with Gasteiger partial charge in [0.25, 0.3) is 0 Å². The summed E-state index contributed by atoms with van der Waals surface area (Å²) in [6.45, 7) is 4.31. The summed E-state index contributed by atoms with van der Waals surface area (Å²) in [6, 6.07) is 1.86. The molecule has 0 bridgehead atoms. The summed E-state index contributed by atoms with van der Waals surface area (Å²) < 4.78 is 63.8. The number of fused-ring (bicyclic) bond motifs is 1. The lowest BCUT2D eigenvalue weighted by atomic mass is 10.1. The molecule has 2 aromatic heterocycles. The predicted molar refractivity (Wildman–Crippen MR) is 101 cm³/mol. The van der Waals surface area contributed by atoms with Gasteiger partial charge in [-0.25, -0.2) is 9.78 Å². The van der Waals surface area contributed by atoms with Gasteiger partial charge in [-0.1, -0.05) is 11.6 Å². The molecule has 1 aliphatic rings. The van der Waals surface area contributed by atoms with Crippen molar-refractivity contribution in [2.75, 3.05) is 18.0 Å². The molecule has 1 saturated heterocycles. The summed E-state index contributed by atoms with van der Waals surface area (Å²) in [5.41, 5.74) is -5.12. The number of pyridine rings is 2. The van der Waals surface area contributed by atoms with E-state index in [-0.39, 0.29) is 28.1 Å². The quantitative estimate of drug-likeness (QED) is 0.540. The normalized spacial score (nSPS) is 20.5. The number of anilines is 1. The number of hydrogen-bond acceptors (Lipinski definition) is 7. The van der Waals surface area contributed by atoms with Crippen LogP contribution in [0.2, 0.25) is 5.02 Å². The molecule has 1 N–H and O–H groups in total. The molecule has 0 spiro atoms. The van der Waals surface area contributed by atoms with Crippen LogP contribution in [0.1, 0.15) is 13.8 Å². The molecule has 1 aliphatic heterocycles. The average molecular weight is 469 g/mol. The minimum atomic E-state index is -5.90. The third-order valence-corrected chi connectivity index (χ3v) is 5.83. The van der Waals surface area contributed by atoms with Crippen LogP contribution < -0.4 is 9.08 Å². The van der Waals surface area contributed by atoms with Crippen LogP contribution >= 0.6 is 11.6 Å². The van der Waals surface area contributed by atoms with Crippen LogP contribution in [0.5, 0.6) is 5.88 Å². The molecular weight excluding hydrogens is 453 g/mol. The van der Waals surface area contributed by atoms with Gasteiger partial charge >= 0.3 is 21.7 Å². The Labute approximate surface area is 174 Å². The van der Waals surface area contributed by atoms with E-state index in [0.29, 0.717) is 18.8 Å². The minimum Gasteiger partial charge on any atom is -0.465 e. The highest BCUT2D eigenvalue weighted by atomic mass is 35.5. The molecule has 0 aliphatic carbocycles.